The molecule has 0 radical (unpaired) electrons. The van der Waals surface area contributed by atoms with Crippen LogP contribution in [0, 0.1) is 0 Å². The molecule has 70 valence electrons. The van der Waals surface area contributed by atoms with Gasteiger partial charge in [0.05, 0.1) is 0 Å². The summed E-state index contributed by atoms with van der Waals surface area (Å²) in [5, 5.41) is 0. The van der Waals surface area contributed by atoms with E-state index in [-0.39, 0.29) is 39.4 Å². The summed E-state index contributed by atoms with van der Waals surface area (Å²) in [5.41, 5.74) is 0. The van der Waals surface area contributed by atoms with Gasteiger partial charge in [0.2, 0.25) is 0 Å². The van der Waals surface area contributed by atoms with Crippen molar-refractivity contribution in [3.63, 3.8) is 0 Å². The first kappa shape index (κ1) is 14.5. The van der Waals surface area contributed by atoms with Crippen LogP contribution in [0.1, 0.15) is 0 Å². The Morgan fingerprint density at radius 3 is 0.917 bits per heavy atom. The summed E-state index contributed by atoms with van der Waals surface area (Å²) in [6, 6.07) is 20.0. The van der Waals surface area contributed by atoms with E-state index in [1.165, 1.54) is 0 Å². The molecule has 0 aliphatic carbocycles. The Labute approximate surface area is 99.7 Å². The summed E-state index contributed by atoms with van der Waals surface area (Å²) in [6.07, 6.45) is 0. The van der Waals surface area contributed by atoms with Crippen LogP contribution in [0.2, 0.25) is 0 Å². The second-order valence-corrected chi connectivity index (χ2v) is 1.92. The molecule has 0 N–H and O–H groups in total. The molecule has 0 fully saturated rings. The SMILES string of the molecule is [Au+].[Fe].c1cc[cH-]c1.c1cc[cH-]c1. The molecular formula is C10H10AuFe-. The van der Waals surface area contributed by atoms with Crippen molar-refractivity contribution in [3.05, 3.63) is 60.7 Å². The fourth-order valence-electron chi connectivity index (χ4n) is 0.642. The predicted octanol–water partition coefficient (Wildman–Crippen LogP) is 2.81. The van der Waals surface area contributed by atoms with Gasteiger partial charge < -0.3 is 0 Å². The fourth-order valence-corrected chi connectivity index (χ4v) is 0.642. The van der Waals surface area contributed by atoms with Gasteiger partial charge in [0.25, 0.3) is 0 Å². The molecule has 0 aromatic heterocycles. The molecule has 0 heterocycles. The van der Waals surface area contributed by atoms with Crippen LogP contribution >= 0.6 is 0 Å². The molecule has 0 amide bonds. The first-order valence-electron chi connectivity index (χ1n) is 3.33. The molecule has 0 spiro atoms. The van der Waals surface area contributed by atoms with Gasteiger partial charge in [-0.2, -0.15) is 36.4 Å². The summed E-state index contributed by atoms with van der Waals surface area (Å²) in [4.78, 5) is 0. The zero-order chi connectivity index (χ0) is 7.07. The van der Waals surface area contributed by atoms with Gasteiger partial charge in [0.1, 0.15) is 0 Å². The van der Waals surface area contributed by atoms with E-state index < -0.39 is 0 Å². The van der Waals surface area contributed by atoms with E-state index >= 15 is 0 Å². The molecular weight excluding hydrogens is 373 g/mol. The van der Waals surface area contributed by atoms with Gasteiger partial charge in [0, 0.05) is 17.1 Å². The van der Waals surface area contributed by atoms with Gasteiger partial charge in [-0.3, -0.25) is 0 Å². The van der Waals surface area contributed by atoms with Gasteiger partial charge in [-0.1, -0.05) is 0 Å². The molecule has 0 unspecified atom stereocenters. The van der Waals surface area contributed by atoms with Gasteiger partial charge in [-0.05, 0) is 0 Å². The van der Waals surface area contributed by atoms with Crippen molar-refractivity contribution in [1.29, 1.82) is 0 Å². The van der Waals surface area contributed by atoms with Crippen molar-refractivity contribution in [2.45, 2.75) is 0 Å². The van der Waals surface area contributed by atoms with E-state index in [0.717, 1.165) is 0 Å². The van der Waals surface area contributed by atoms with E-state index in [0.29, 0.717) is 0 Å². The van der Waals surface area contributed by atoms with Crippen LogP contribution in [0.3, 0.4) is 0 Å². The van der Waals surface area contributed by atoms with Crippen LogP contribution in [0.4, 0.5) is 0 Å². The maximum atomic E-state index is 2.00. The maximum absolute atomic E-state index is 2.00. The first-order chi connectivity index (χ1) is 5.00. The van der Waals surface area contributed by atoms with Crippen LogP contribution in [0.5, 0.6) is 0 Å². The molecule has 12 heavy (non-hydrogen) atoms. The third kappa shape index (κ3) is 8.06. The molecule has 0 nitrogen and oxygen atoms in total. The Morgan fingerprint density at radius 1 is 0.583 bits per heavy atom. The van der Waals surface area contributed by atoms with Crippen LogP contribution in [-0.4, -0.2) is 0 Å². The largest absolute Gasteiger partial charge is 1.00 e. The molecule has 2 aromatic rings. The quantitative estimate of drug-likeness (QED) is 0.485. The second kappa shape index (κ2) is 11.0. The minimum atomic E-state index is 0. The molecule has 0 atom stereocenters. The number of hydrogen-bond donors (Lipinski definition) is 0. The second-order valence-electron chi connectivity index (χ2n) is 1.92. The van der Waals surface area contributed by atoms with Crippen LogP contribution in [-0.2, 0) is 39.4 Å². The number of hydrogen-bond acceptors (Lipinski definition) is 0. The molecule has 0 bridgehead atoms. The fraction of sp³-hybridized carbons (Fsp3) is 0. The zero-order valence-corrected chi connectivity index (χ0v) is 9.70. The molecule has 2 aromatic carbocycles. The third-order valence-corrected chi connectivity index (χ3v) is 1.11. The molecule has 0 aliphatic heterocycles. The summed E-state index contributed by atoms with van der Waals surface area (Å²) < 4.78 is 0. The number of rotatable bonds is 0. The topological polar surface area (TPSA) is 0 Å². The molecule has 2 heteroatoms. The van der Waals surface area contributed by atoms with Gasteiger partial charge in [-0.25, -0.2) is 24.3 Å². The summed E-state index contributed by atoms with van der Waals surface area (Å²) in [7, 11) is 0. The van der Waals surface area contributed by atoms with Crippen molar-refractivity contribution in [2.75, 3.05) is 0 Å². The average molecular weight is 383 g/mol. The van der Waals surface area contributed by atoms with Crippen molar-refractivity contribution >= 4 is 0 Å². The van der Waals surface area contributed by atoms with Gasteiger partial charge in [0.15, 0.2) is 0 Å². The zero-order valence-electron chi connectivity index (χ0n) is 6.43. The van der Waals surface area contributed by atoms with Crippen LogP contribution in [0.25, 0.3) is 0 Å². The Bertz CT molecular complexity index is 149. The molecule has 0 saturated carbocycles. The maximum Gasteiger partial charge on any atom is 1.00 e. The van der Waals surface area contributed by atoms with E-state index in [1.54, 1.807) is 0 Å². The molecule has 0 aliphatic rings. The Morgan fingerprint density at radius 2 is 0.833 bits per heavy atom. The van der Waals surface area contributed by atoms with Crippen molar-refractivity contribution in [2.24, 2.45) is 0 Å². The van der Waals surface area contributed by atoms with Crippen molar-refractivity contribution < 1.29 is 39.4 Å². The van der Waals surface area contributed by atoms with E-state index in [2.05, 4.69) is 0 Å². The summed E-state index contributed by atoms with van der Waals surface area (Å²) >= 11 is 0. The standard InChI is InChI=1S/2C5H5.Au.Fe/c2*1-2-4-5-3-1;;/h2*1-5H;;/q2*-1;+1;. The smallest absolute Gasteiger partial charge is 0.214 e. The van der Waals surface area contributed by atoms with Crippen molar-refractivity contribution in [3.8, 4) is 0 Å². The molecule has 0 saturated heterocycles. The van der Waals surface area contributed by atoms with E-state index in [4.69, 9.17) is 0 Å². The minimum Gasteiger partial charge on any atom is -0.214 e. The third-order valence-electron chi connectivity index (χ3n) is 1.11. The summed E-state index contributed by atoms with van der Waals surface area (Å²) in [6.45, 7) is 0. The van der Waals surface area contributed by atoms with Crippen LogP contribution < -0.4 is 0 Å². The Hall–Kier alpha value is -0.0403. The predicted molar refractivity (Wildman–Crippen MR) is 44.1 cm³/mol. The van der Waals surface area contributed by atoms with Crippen LogP contribution in [0.15, 0.2) is 60.7 Å². The Kier molecular flexibility index (Phi) is 13.2. The normalized spacial score (nSPS) is 6.67. The Balaban J connectivity index is 0. The minimum absolute atomic E-state index is 0. The van der Waals surface area contributed by atoms with Gasteiger partial charge in [-0.15, -0.1) is 0 Å². The molecule has 2 rings (SSSR count). The summed E-state index contributed by atoms with van der Waals surface area (Å²) in [5.74, 6) is 0. The van der Waals surface area contributed by atoms with E-state index in [9.17, 15) is 0 Å². The van der Waals surface area contributed by atoms with E-state index in [1.807, 2.05) is 60.7 Å². The van der Waals surface area contributed by atoms with Crippen molar-refractivity contribution in [1.82, 2.24) is 0 Å². The first-order valence-corrected chi connectivity index (χ1v) is 3.33. The monoisotopic (exact) mass is 383 g/mol. The van der Waals surface area contributed by atoms with Gasteiger partial charge >= 0.3 is 22.4 Å². The average Bonchev–Trinajstić information content (AvgIpc) is 2.67.